The molecular formula is C19H22N4O4S2. The van der Waals surface area contributed by atoms with Gasteiger partial charge in [-0.3, -0.25) is 4.79 Å². The Labute approximate surface area is 176 Å². The lowest BCUT2D eigenvalue weighted by molar-refractivity contribution is 0.0525. The van der Waals surface area contributed by atoms with E-state index >= 15 is 0 Å². The third-order valence-corrected chi connectivity index (χ3v) is 6.31. The number of aromatic amines is 1. The van der Waals surface area contributed by atoms with Gasteiger partial charge in [-0.15, -0.1) is 21.5 Å². The molecule has 0 aliphatic carbocycles. The van der Waals surface area contributed by atoms with E-state index in [4.69, 9.17) is 9.15 Å². The number of Topliss-reactive ketones (excluding diaryl/α,β-unsaturated/α-hetero) is 1. The number of ketones is 1. The van der Waals surface area contributed by atoms with Gasteiger partial charge in [-0.25, -0.2) is 9.78 Å². The highest BCUT2D eigenvalue weighted by Gasteiger charge is 2.27. The van der Waals surface area contributed by atoms with Crippen LogP contribution < -0.4 is 0 Å². The van der Waals surface area contributed by atoms with Crippen molar-refractivity contribution in [2.24, 2.45) is 0 Å². The van der Waals surface area contributed by atoms with Crippen LogP contribution in [0.4, 0.5) is 0 Å². The lowest BCUT2D eigenvalue weighted by Crippen LogP contribution is -2.15. The molecule has 3 aromatic heterocycles. The molecule has 10 heteroatoms. The lowest BCUT2D eigenvalue weighted by atomic mass is 10.1. The standard InChI is InChI=1S/C19H22N4O4S2/c1-7-26-18(25)13-8(2)14(21-9(13)3)15(24)11(5)28-19-23-22-17(27-19)16-10(4)20-12(6)29-16/h11,21H,7H2,1-6H3/t11-/m0/s1. The largest absolute Gasteiger partial charge is 0.462 e. The van der Waals surface area contributed by atoms with E-state index in [1.165, 1.54) is 23.1 Å². The van der Waals surface area contributed by atoms with Crippen molar-refractivity contribution in [3.8, 4) is 10.8 Å². The zero-order valence-electron chi connectivity index (χ0n) is 17.1. The summed E-state index contributed by atoms with van der Waals surface area (Å²) in [4.78, 5) is 33.3. The number of nitrogens with one attached hydrogen (secondary N) is 1. The number of hydrogen-bond donors (Lipinski definition) is 1. The van der Waals surface area contributed by atoms with Gasteiger partial charge in [-0.2, -0.15) is 0 Å². The van der Waals surface area contributed by atoms with Crippen molar-refractivity contribution in [1.82, 2.24) is 20.2 Å². The first-order valence-corrected chi connectivity index (χ1v) is 10.8. The normalized spacial score (nSPS) is 12.2. The molecule has 3 rings (SSSR count). The molecular weight excluding hydrogens is 412 g/mol. The second-order valence-electron chi connectivity index (χ2n) is 6.49. The SMILES string of the molecule is CCOC(=O)c1c(C)[nH]c(C(=O)[C@H](C)Sc2nnc(-c3sc(C)nc3C)o2)c1C. The van der Waals surface area contributed by atoms with Crippen LogP contribution in [0.25, 0.3) is 10.8 Å². The summed E-state index contributed by atoms with van der Waals surface area (Å²) in [5, 5.41) is 8.86. The smallest absolute Gasteiger partial charge is 0.340 e. The highest BCUT2D eigenvalue weighted by molar-refractivity contribution is 8.00. The van der Waals surface area contributed by atoms with E-state index in [-0.39, 0.29) is 12.4 Å². The number of H-pyrrole nitrogens is 1. The Morgan fingerprint density at radius 3 is 2.59 bits per heavy atom. The van der Waals surface area contributed by atoms with Gasteiger partial charge in [0.05, 0.1) is 33.8 Å². The third kappa shape index (κ3) is 4.27. The van der Waals surface area contributed by atoms with Gasteiger partial charge in [0.2, 0.25) is 0 Å². The highest BCUT2D eigenvalue weighted by atomic mass is 32.2. The molecule has 0 radical (unpaired) electrons. The van der Waals surface area contributed by atoms with Crippen molar-refractivity contribution >= 4 is 34.9 Å². The first-order chi connectivity index (χ1) is 13.7. The maximum absolute atomic E-state index is 12.9. The topological polar surface area (TPSA) is 111 Å². The minimum absolute atomic E-state index is 0.157. The van der Waals surface area contributed by atoms with Gasteiger partial charge in [0.15, 0.2) is 5.78 Å². The quantitative estimate of drug-likeness (QED) is 0.333. The summed E-state index contributed by atoms with van der Waals surface area (Å²) < 4.78 is 10.8. The minimum atomic E-state index is -0.487. The van der Waals surface area contributed by atoms with Crippen molar-refractivity contribution in [3.63, 3.8) is 0 Å². The van der Waals surface area contributed by atoms with Gasteiger partial charge in [0.25, 0.3) is 11.1 Å². The molecule has 8 nitrogen and oxygen atoms in total. The van der Waals surface area contributed by atoms with Gasteiger partial charge in [0, 0.05) is 5.69 Å². The first kappa shape index (κ1) is 21.3. The predicted molar refractivity (Wildman–Crippen MR) is 111 cm³/mol. The molecule has 1 N–H and O–H groups in total. The minimum Gasteiger partial charge on any atom is -0.462 e. The van der Waals surface area contributed by atoms with Gasteiger partial charge < -0.3 is 14.1 Å². The second-order valence-corrected chi connectivity index (χ2v) is 8.99. The zero-order chi connectivity index (χ0) is 21.3. The van der Waals surface area contributed by atoms with Crippen LogP contribution in [0.5, 0.6) is 0 Å². The molecule has 0 fully saturated rings. The molecule has 0 aliphatic rings. The highest BCUT2D eigenvalue weighted by Crippen LogP contribution is 2.32. The number of esters is 1. The number of carbonyl (C=O) groups is 2. The van der Waals surface area contributed by atoms with Crippen LogP contribution in [0.2, 0.25) is 0 Å². The number of aromatic nitrogens is 4. The molecule has 3 heterocycles. The zero-order valence-corrected chi connectivity index (χ0v) is 18.7. The monoisotopic (exact) mass is 434 g/mol. The molecule has 29 heavy (non-hydrogen) atoms. The Morgan fingerprint density at radius 1 is 1.24 bits per heavy atom. The predicted octanol–water partition coefficient (Wildman–Crippen LogP) is 4.30. The summed E-state index contributed by atoms with van der Waals surface area (Å²) in [6.07, 6.45) is 0. The third-order valence-electron chi connectivity index (χ3n) is 4.31. The van der Waals surface area contributed by atoms with E-state index in [0.29, 0.717) is 33.6 Å². The molecule has 0 aromatic carbocycles. The maximum atomic E-state index is 12.9. The molecule has 1 atom stereocenters. The fourth-order valence-electron chi connectivity index (χ4n) is 2.99. The second kappa shape index (κ2) is 8.50. The summed E-state index contributed by atoms with van der Waals surface area (Å²) in [6, 6.07) is 0. The number of ether oxygens (including phenoxy) is 1. The van der Waals surface area contributed by atoms with Gasteiger partial charge >= 0.3 is 5.97 Å². The number of hydrogen-bond acceptors (Lipinski definition) is 9. The molecule has 0 saturated heterocycles. The Balaban J connectivity index is 1.77. The molecule has 0 aliphatic heterocycles. The van der Waals surface area contributed by atoms with Crippen LogP contribution in [-0.2, 0) is 4.74 Å². The van der Waals surface area contributed by atoms with E-state index in [1.807, 2.05) is 13.8 Å². The fourth-order valence-corrected chi connectivity index (χ4v) is 4.58. The van der Waals surface area contributed by atoms with E-state index in [9.17, 15) is 9.59 Å². The Morgan fingerprint density at radius 2 is 1.97 bits per heavy atom. The van der Waals surface area contributed by atoms with Crippen LogP contribution in [0.15, 0.2) is 9.64 Å². The molecule has 0 bridgehead atoms. The fraction of sp³-hybridized carbons (Fsp3) is 0.421. The summed E-state index contributed by atoms with van der Waals surface area (Å²) in [5.41, 5.74) is 2.82. The Kier molecular flexibility index (Phi) is 6.23. The maximum Gasteiger partial charge on any atom is 0.340 e. The lowest BCUT2D eigenvalue weighted by Gasteiger charge is -2.07. The van der Waals surface area contributed by atoms with Crippen LogP contribution >= 0.6 is 23.1 Å². The van der Waals surface area contributed by atoms with Crippen molar-refractivity contribution in [2.75, 3.05) is 6.61 Å². The van der Waals surface area contributed by atoms with Crippen LogP contribution in [-0.4, -0.2) is 43.8 Å². The van der Waals surface area contributed by atoms with Crippen molar-refractivity contribution in [3.05, 3.63) is 33.2 Å². The number of rotatable bonds is 7. The molecule has 0 unspecified atom stereocenters. The van der Waals surface area contributed by atoms with Gasteiger partial charge in [-0.1, -0.05) is 11.8 Å². The molecule has 0 saturated carbocycles. The van der Waals surface area contributed by atoms with E-state index in [0.717, 1.165) is 15.6 Å². The number of carbonyl (C=O) groups excluding carboxylic acids is 2. The summed E-state index contributed by atoms with van der Waals surface area (Å²) in [5.74, 6) is -0.197. The van der Waals surface area contributed by atoms with Crippen LogP contribution in [0, 0.1) is 27.7 Å². The molecule has 0 spiro atoms. The summed E-state index contributed by atoms with van der Waals surface area (Å²) in [7, 11) is 0. The molecule has 3 aromatic rings. The van der Waals surface area contributed by atoms with Crippen molar-refractivity contribution in [2.45, 2.75) is 52.0 Å². The van der Waals surface area contributed by atoms with E-state index < -0.39 is 11.2 Å². The number of thiazole rings is 1. The summed E-state index contributed by atoms with van der Waals surface area (Å²) in [6.45, 7) is 11.1. The van der Waals surface area contributed by atoms with Crippen molar-refractivity contribution in [1.29, 1.82) is 0 Å². The van der Waals surface area contributed by atoms with E-state index in [2.05, 4.69) is 20.2 Å². The Hall–Kier alpha value is -2.46. The number of aryl methyl sites for hydroxylation is 3. The average molecular weight is 435 g/mol. The van der Waals surface area contributed by atoms with Gasteiger partial charge in [-0.05, 0) is 47.1 Å². The van der Waals surface area contributed by atoms with Gasteiger partial charge in [0.1, 0.15) is 4.88 Å². The first-order valence-electron chi connectivity index (χ1n) is 9.07. The van der Waals surface area contributed by atoms with Crippen LogP contribution in [0.1, 0.15) is 56.7 Å². The number of thioether (sulfide) groups is 1. The Bertz CT molecular complexity index is 1070. The number of nitrogens with zero attached hydrogens (tertiary/aromatic N) is 3. The average Bonchev–Trinajstić information content (AvgIpc) is 3.32. The molecule has 0 amide bonds. The summed E-state index contributed by atoms with van der Waals surface area (Å²) >= 11 is 2.66. The molecule has 154 valence electrons. The van der Waals surface area contributed by atoms with Crippen LogP contribution in [0.3, 0.4) is 0 Å². The van der Waals surface area contributed by atoms with Crippen molar-refractivity contribution < 1.29 is 18.7 Å². The van der Waals surface area contributed by atoms with E-state index in [1.54, 1.807) is 27.7 Å².